The van der Waals surface area contributed by atoms with Gasteiger partial charge in [0.1, 0.15) is 17.6 Å². The molecule has 0 aromatic heterocycles. The fourth-order valence-corrected chi connectivity index (χ4v) is 2.12. The molecule has 0 aliphatic heterocycles. The number of nitriles is 1. The second-order valence-corrected chi connectivity index (χ2v) is 5.52. The van der Waals surface area contributed by atoms with E-state index in [9.17, 15) is 5.26 Å². The fraction of sp³-hybridized carbons (Fsp3) is 0.188. The van der Waals surface area contributed by atoms with Crippen molar-refractivity contribution in [1.82, 2.24) is 5.32 Å². The van der Waals surface area contributed by atoms with Gasteiger partial charge in [-0.15, -0.1) is 0 Å². The molecule has 0 bridgehead atoms. The molecule has 20 heavy (non-hydrogen) atoms. The van der Waals surface area contributed by atoms with Crippen LogP contribution in [-0.2, 0) is 6.54 Å². The van der Waals surface area contributed by atoms with E-state index in [0.717, 1.165) is 28.0 Å². The molecule has 4 heteroatoms. The molecule has 102 valence electrons. The van der Waals surface area contributed by atoms with Crippen molar-refractivity contribution in [3.63, 3.8) is 0 Å². The van der Waals surface area contributed by atoms with Crippen LogP contribution in [0.5, 0.6) is 11.5 Å². The summed E-state index contributed by atoms with van der Waals surface area (Å²) in [6.45, 7) is 3.72. The van der Waals surface area contributed by atoms with Crippen molar-refractivity contribution in [2.45, 2.75) is 13.5 Å². The van der Waals surface area contributed by atoms with Crippen molar-refractivity contribution < 1.29 is 4.74 Å². The second kappa shape index (κ2) is 7.27. The SMILES string of the molecule is CCNCc1ccc(Oc2ccc(I)cc2)c(C#N)c1. The molecular weight excluding hydrogens is 363 g/mol. The number of nitrogens with one attached hydrogen (secondary N) is 1. The highest BCUT2D eigenvalue weighted by atomic mass is 127. The van der Waals surface area contributed by atoms with E-state index in [1.807, 2.05) is 42.5 Å². The molecular formula is C16H15IN2O. The summed E-state index contributed by atoms with van der Waals surface area (Å²) in [5.41, 5.74) is 1.64. The smallest absolute Gasteiger partial charge is 0.145 e. The summed E-state index contributed by atoms with van der Waals surface area (Å²) >= 11 is 2.24. The highest BCUT2D eigenvalue weighted by Gasteiger charge is 2.06. The van der Waals surface area contributed by atoms with Crippen molar-refractivity contribution in [3.8, 4) is 17.6 Å². The van der Waals surface area contributed by atoms with Crippen LogP contribution in [0.15, 0.2) is 42.5 Å². The quantitative estimate of drug-likeness (QED) is 0.798. The molecule has 0 saturated carbocycles. The summed E-state index contributed by atoms with van der Waals surface area (Å²) in [6, 6.07) is 15.6. The van der Waals surface area contributed by atoms with Gasteiger partial charge >= 0.3 is 0 Å². The predicted octanol–water partition coefficient (Wildman–Crippen LogP) is 4.06. The molecule has 2 rings (SSSR count). The van der Waals surface area contributed by atoms with Crippen LogP contribution in [0.4, 0.5) is 0 Å². The Bertz CT molecular complexity index is 617. The summed E-state index contributed by atoms with van der Waals surface area (Å²) in [5.74, 6) is 1.33. The van der Waals surface area contributed by atoms with Crippen molar-refractivity contribution in [2.24, 2.45) is 0 Å². The summed E-state index contributed by atoms with van der Waals surface area (Å²) < 4.78 is 6.92. The average molecular weight is 378 g/mol. The third-order valence-corrected chi connectivity index (χ3v) is 3.50. The van der Waals surface area contributed by atoms with Crippen molar-refractivity contribution in [3.05, 3.63) is 57.2 Å². The van der Waals surface area contributed by atoms with Crippen LogP contribution >= 0.6 is 22.6 Å². The monoisotopic (exact) mass is 378 g/mol. The van der Waals surface area contributed by atoms with Crippen LogP contribution in [0.25, 0.3) is 0 Å². The molecule has 0 unspecified atom stereocenters. The Labute approximate surface area is 132 Å². The minimum Gasteiger partial charge on any atom is -0.456 e. The molecule has 0 fully saturated rings. The molecule has 0 spiro atoms. The van der Waals surface area contributed by atoms with Gasteiger partial charge in [0.25, 0.3) is 0 Å². The van der Waals surface area contributed by atoms with E-state index in [1.54, 1.807) is 0 Å². The van der Waals surface area contributed by atoms with Crippen LogP contribution in [0, 0.1) is 14.9 Å². The van der Waals surface area contributed by atoms with Gasteiger partial charge in [-0.1, -0.05) is 13.0 Å². The lowest BCUT2D eigenvalue weighted by Crippen LogP contribution is -2.11. The summed E-state index contributed by atoms with van der Waals surface area (Å²) in [4.78, 5) is 0. The first kappa shape index (κ1) is 14.8. The first-order valence-electron chi connectivity index (χ1n) is 6.40. The average Bonchev–Trinajstić information content (AvgIpc) is 2.48. The molecule has 0 amide bonds. The van der Waals surface area contributed by atoms with Crippen LogP contribution < -0.4 is 10.1 Å². The predicted molar refractivity (Wildman–Crippen MR) is 87.8 cm³/mol. The lowest BCUT2D eigenvalue weighted by molar-refractivity contribution is 0.480. The number of benzene rings is 2. The maximum absolute atomic E-state index is 9.24. The number of ether oxygens (including phenoxy) is 1. The highest BCUT2D eigenvalue weighted by molar-refractivity contribution is 14.1. The normalized spacial score (nSPS) is 10.1. The molecule has 3 nitrogen and oxygen atoms in total. The Balaban J connectivity index is 2.19. The third-order valence-electron chi connectivity index (χ3n) is 2.78. The van der Waals surface area contributed by atoms with Gasteiger partial charge in [0, 0.05) is 10.1 Å². The molecule has 0 atom stereocenters. The Hall–Kier alpha value is -1.58. The van der Waals surface area contributed by atoms with E-state index in [0.29, 0.717) is 11.3 Å². The van der Waals surface area contributed by atoms with Crippen LogP contribution in [0.2, 0.25) is 0 Å². The second-order valence-electron chi connectivity index (χ2n) is 4.28. The van der Waals surface area contributed by atoms with Crippen LogP contribution in [-0.4, -0.2) is 6.54 Å². The lowest BCUT2D eigenvalue weighted by Gasteiger charge is -2.09. The van der Waals surface area contributed by atoms with Gasteiger partial charge in [-0.3, -0.25) is 0 Å². The van der Waals surface area contributed by atoms with Crippen LogP contribution in [0.1, 0.15) is 18.1 Å². The molecule has 0 heterocycles. The zero-order valence-electron chi connectivity index (χ0n) is 11.2. The topological polar surface area (TPSA) is 45.0 Å². The number of nitrogens with zero attached hydrogens (tertiary/aromatic N) is 1. The highest BCUT2D eigenvalue weighted by Crippen LogP contribution is 2.26. The van der Waals surface area contributed by atoms with Gasteiger partial charge in [-0.2, -0.15) is 5.26 Å². The zero-order valence-corrected chi connectivity index (χ0v) is 13.3. The minimum absolute atomic E-state index is 0.555. The van der Waals surface area contributed by atoms with Crippen molar-refractivity contribution in [2.75, 3.05) is 6.54 Å². The zero-order chi connectivity index (χ0) is 14.4. The van der Waals surface area contributed by atoms with Crippen molar-refractivity contribution in [1.29, 1.82) is 5.26 Å². The molecule has 0 aliphatic rings. The lowest BCUT2D eigenvalue weighted by atomic mass is 10.1. The standard InChI is InChI=1S/C16H15IN2O/c1-2-19-11-12-3-8-16(13(9-12)10-18)20-15-6-4-14(17)5-7-15/h3-9,19H,2,11H2,1H3. The summed E-state index contributed by atoms with van der Waals surface area (Å²) in [7, 11) is 0. The Kier molecular flexibility index (Phi) is 5.39. The Morgan fingerprint density at radius 2 is 1.95 bits per heavy atom. The molecule has 2 aromatic carbocycles. The van der Waals surface area contributed by atoms with E-state index < -0.39 is 0 Å². The van der Waals surface area contributed by atoms with E-state index in [-0.39, 0.29) is 0 Å². The minimum atomic E-state index is 0.555. The fourth-order valence-electron chi connectivity index (χ4n) is 1.76. The van der Waals surface area contributed by atoms with Gasteiger partial charge in [-0.25, -0.2) is 0 Å². The van der Waals surface area contributed by atoms with Gasteiger partial charge in [0.2, 0.25) is 0 Å². The van der Waals surface area contributed by atoms with E-state index in [2.05, 4.69) is 40.9 Å². The molecule has 1 N–H and O–H groups in total. The van der Waals surface area contributed by atoms with Crippen LogP contribution in [0.3, 0.4) is 0 Å². The molecule has 0 saturated heterocycles. The van der Waals surface area contributed by atoms with E-state index in [4.69, 9.17) is 4.74 Å². The maximum Gasteiger partial charge on any atom is 0.145 e. The first-order valence-corrected chi connectivity index (χ1v) is 7.48. The summed E-state index contributed by atoms with van der Waals surface area (Å²) in [5, 5.41) is 12.5. The van der Waals surface area contributed by atoms with Gasteiger partial charge in [-0.05, 0) is 71.1 Å². The van der Waals surface area contributed by atoms with Gasteiger partial charge < -0.3 is 10.1 Å². The third kappa shape index (κ3) is 3.95. The number of hydrogen-bond acceptors (Lipinski definition) is 3. The summed E-state index contributed by atoms with van der Waals surface area (Å²) in [6.07, 6.45) is 0. The maximum atomic E-state index is 9.24. The Morgan fingerprint density at radius 1 is 1.20 bits per heavy atom. The van der Waals surface area contributed by atoms with Gasteiger partial charge in [0.15, 0.2) is 0 Å². The van der Waals surface area contributed by atoms with E-state index >= 15 is 0 Å². The van der Waals surface area contributed by atoms with E-state index in [1.165, 1.54) is 0 Å². The number of rotatable bonds is 5. The van der Waals surface area contributed by atoms with Gasteiger partial charge in [0.05, 0.1) is 5.56 Å². The largest absolute Gasteiger partial charge is 0.456 e. The molecule has 2 aromatic rings. The Morgan fingerprint density at radius 3 is 2.60 bits per heavy atom. The molecule has 0 radical (unpaired) electrons. The first-order chi connectivity index (χ1) is 9.72. The van der Waals surface area contributed by atoms with Crippen molar-refractivity contribution >= 4 is 22.6 Å². The molecule has 0 aliphatic carbocycles. The number of halogens is 1. The number of hydrogen-bond donors (Lipinski definition) is 1.